The smallest absolute Gasteiger partial charge is 0.269 e. The van der Waals surface area contributed by atoms with Gasteiger partial charge in [-0.2, -0.15) is 11.8 Å². The Morgan fingerprint density at radius 1 is 1.45 bits per heavy atom. The Balaban J connectivity index is 2.25. The molecular formula is C14H19N3O2S. The van der Waals surface area contributed by atoms with Crippen molar-refractivity contribution in [3.05, 3.63) is 35.6 Å². The lowest BCUT2D eigenvalue weighted by Gasteiger charge is -2.07. The number of thioether (sulfide) groups is 1. The molecule has 5 N–H and O–H groups in total. The molecule has 1 amide bonds. The molecule has 2 aromatic rings. The summed E-state index contributed by atoms with van der Waals surface area (Å²) in [4.78, 5) is 11.9. The van der Waals surface area contributed by atoms with Crippen molar-refractivity contribution in [2.45, 2.75) is 25.1 Å². The summed E-state index contributed by atoms with van der Waals surface area (Å²) >= 11 is 1.66. The summed E-state index contributed by atoms with van der Waals surface area (Å²) in [7, 11) is 0. The highest BCUT2D eigenvalue weighted by Crippen LogP contribution is 2.28. The topological polar surface area (TPSA) is 94.3 Å². The summed E-state index contributed by atoms with van der Waals surface area (Å²) < 4.78 is 5.76. The van der Waals surface area contributed by atoms with Crippen LogP contribution < -0.4 is 17.0 Å². The number of carbonyl (C=O) groups excluding carboxylic acids is 1. The largest absolute Gasteiger partial charge is 0.459 e. The fraction of sp³-hybridized carbons (Fsp3) is 0.357. The van der Waals surface area contributed by atoms with Gasteiger partial charge in [-0.15, -0.1) is 0 Å². The van der Waals surface area contributed by atoms with Gasteiger partial charge in [-0.25, -0.2) is 5.84 Å². The lowest BCUT2D eigenvalue weighted by molar-refractivity contribution is 0.0953. The van der Waals surface area contributed by atoms with Crippen molar-refractivity contribution in [1.82, 2.24) is 5.43 Å². The standard InChI is InChI=1S/C14H19N3O2S/c1-2-9(15)7-20-8-12-13(14(18)17-16)10-5-3-4-6-11(10)19-12/h3-6,9H,2,7-8,15-16H2,1H3,(H,17,18). The normalized spacial score (nSPS) is 12.6. The van der Waals surface area contributed by atoms with E-state index < -0.39 is 0 Å². The average molecular weight is 293 g/mol. The SMILES string of the molecule is CCC(N)CSCc1oc2ccccc2c1C(=O)NN. The average Bonchev–Trinajstić information content (AvgIpc) is 2.84. The maximum atomic E-state index is 11.9. The van der Waals surface area contributed by atoms with Gasteiger partial charge >= 0.3 is 0 Å². The van der Waals surface area contributed by atoms with E-state index >= 15 is 0 Å². The number of hydrogen-bond acceptors (Lipinski definition) is 5. The van der Waals surface area contributed by atoms with E-state index in [0.717, 1.165) is 17.6 Å². The third-order valence-corrected chi connectivity index (χ3v) is 4.25. The van der Waals surface area contributed by atoms with Crippen molar-refractivity contribution in [3.63, 3.8) is 0 Å². The highest BCUT2D eigenvalue weighted by molar-refractivity contribution is 7.98. The summed E-state index contributed by atoms with van der Waals surface area (Å²) in [6.45, 7) is 2.06. The molecule has 0 saturated heterocycles. The zero-order valence-corrected chi connectivity index (χ0v) is 12.2. The van der Waals surface area contributed by atoms with E-state index in [1.165, 1.54) is 0 Å². The summed E-state index contributed by atoms with van der Waals surface area (Å²) in [5, 5.41) is 0.783. The Bertz CT molecular complexity index is 597. The fourth-order valence-electron chi connectivity index (χ4n) is 1.94. The first-order valence-corrected chi connectivity index (χ1v) is 7.67. The number of nitrogens with two attached hydrogens (primary N) is 2. The van der Waals surface area contributed by atoms with Gasteiger partial charge in [0.15, 0.2) is 0 Å². The zero-order chi connectivity index (χ0) is 14.5. The van der Waals surface area contributed by atoms with E-state index in [2.05, 4.69) is 12.3 Å². The van der Waals surface area contributed by atoms with Crippen LogP contribution in [-0.2, 0) is 5.75 Å². The predicted octanol–water partition coefficient (Wildman–Crippen LogP) is 2.01. The second-order valence-corrected chi connectivity index (χ2v) is 5.58. The Morgan fingerprint density at radius 3 is 2.90 bits per heavy atom. The number of amides is 1. The van der Waals surface area contributed by atoms with Crippen molar-refractivity contribution in [3.8, 4) is 0 Å². The second kappa shape index (κ2) is 6.78. The molecule has 1 heterocycles. The minimum Gasteiger partial charge on any atom is -0.459 e. The van der Waals surface area contributed by atoms with Gasteiger partial charge in [0.2, 0.25) is 0 Å². The van der Waals surface area contributed by atoms with Gasteiger partial charge in [-0.3, -0.25) is 10.2 Å². The summed E-state index contributed by atoms with van der Waals surface area (Å²) in [6, 6.07) is 7.61. The lowest BCUT2D eigenvalue weighted by atomic mass is 10.1. The van der Waals surface area contributed by atoms with Crippen molar-refractivity contribution >= 4 is 28.6 Å². The number of hydrogen-bond donors (Lipinski definition) is 3. The first-order chi connectivity index (χ1) is 9.67. The minimum atomic E-state index is -0.328. The van der Waals surface area contributed by atoms with Gasteiger partial charge in [-0.1, -0.05) is 25.1 Å². The molecule has 0 fully saturated rings. The molecule has 1 aromatic heterocycles. The van der Waals surface area contributed by atoms with Crippen LogP contribution in [0.1, 0.15) is 29.5 Å². The first-order valence-electron chi connectivity index (χ1n) is 6.52. The van der Waals surface area contributed by atoms with E-state index in [1.54, 1.807) is 11.8 Å². The van der Waals surface area contributed by atoms with Crippen LogP contribution in [0.5, 0.6) is 0 Å². The van der Waals surface area contributed by atoms with E-state index in [1.807, 2.05) is 24.3 Å². The summed E-state index contributed by atoms with van der Waals surface area (Å²) in [5.74, 6) is 7.00. The second-order valence-electron chi connectivity index (χ2n) is 4.55. The van der Waals surface area contributed by atoms with E-state index in [-0.39, 0.29) is 11.9 Å². The molecule has 0 saturated carbocycles. The number of para-hydroxylation sites is 1. The third-order valence-electron chi connectivity index (χ3n) is 3.12. The molecule has 0 radical (unpaired) electrons. The highest BCUT2D eigenvalue weighted by atomic mass is 32.2. The molecule has 0 spiro atoms. The van der Waals surface area contributed by atoms with E-state index in [9.17, 15) is 4.79 Å². The summed E-state index contributed by atoms with van der Waals surface area (Å²) in [6.07, 6.45) is 0.934. The minimum absolute atomic E-state index is 0.163. The molecule has 5 nitrogen and oxygen atoms in total. The molecule has 2 rings (SSSR count). The Kier molecular flexibility index (Phi) is 5.05. The van der Waals surface area contributed by atoms with Crippen molar-refractivity contribution in [1.29, 1.82) is 0 Å². The maximum absolute atomic E-state index is 11.9. The number of benzene rings is 1. The number of furan rings is 1. The third kappa shape index (κ3) is 3.15. The molecule has 1 atom stereocenters. The highest BCUT2D eigenvalue weighted by Gasteiger charge is 2.19. The molecule has 0 aliphatic rings. The molecule has 0 aliphatic heterocycles. The fourth-order valence-corrected chi connectivity index (χ4v) is 2.98. The van der Waals surface area contributed by atoms with Gasteiger partial charge in [-0.05, 0) is 12.5 Å². The van der Waals surface area contributed by atoms with Crippen molar-refractivity contribution < 1.29 is 9.21 Å². The van der Waals surface area contributed by atoms with Gasteiger partial charge in [0.25, 0.3) is 5.91 Å². The molecule has 0 aliphatic carbocycles. The number of nitrogens with one attached hydrogen (secondary N) is 1. The molecule has 108 valence electrons. The van der Waals surface area contributed by atoms with E-state index in [4.69, 9.17) is 16.0 Å². The quantitative estimate of drug-likeness (QED) is 0.430. The van der Waals surface area contributed by atoms with Gasteiger partial charge in [0.05, 0.1) is 11.3 Å². The van der Waals surface area contributed by atoms with Crippen LogP contribution in [-0.4, -0.2) is 17.7 Å². The molecule has 20 heavy (non-hydrogen) atoms. The van der Waals surface area contributed by atoms with Crippen molar-refractivity contribution in [2.75, 3.05) is 5.75 Å². The molecule has 1 unspecified atom stereocenters. The van der Waals surface area contributed by atoms with Crippen molar-refractivity contribution in [2.24, 2.45) is 11.6 Å². The van der Waals surface area contributed by atoms with Gasteiger partial charge in [0, 0.05) is 17.2 Å². The molecule has 6 heteroatoms. The predicted molar refractivity (Wildman–Crippen MR) is 82.3 cm³/mol. The van der Waals surface area contributed by atoms with Crippen LogP contribution in [0.2, 0.25) is 0 Å². The summed E-state index contributed by atoms with van der Waals surface area (Å²) in [5.41, 5.74) is 9.27. The first kappa shape index (κ1) is 14.9. The van der Waals surface area contributed by atoms with Gasteiger partial charge in [0.1, 0.15) is 11.3 Å². The zero-order valence-electron chi connectivity index (χ0n) is 11.4. The number of rotatable bonds is 6. The molecular weight excluding hydrogens is 274 g/mol. The Morgan fingerprint density at radius 2 is 2.20 bits per heavy atom. The molecule has 0 bridgehead atoms. The Labute approximate surface area is 122 Å². The van der Waals surface area contributed by atoms with Gasteiger partial charge < -0.3 is 10.2 Å². The monoisotopic (exact) mass is 293 g/mol. The lowest BCUT2D eigenvalue weighted by Crippen LogP contribution is -2.30. The van der Waals surface area contributed by atoms with Crippen LogP contribution in [0.3, 0.4) is 0 Å². The van der Waals surface area contributed by atoms with Crippen LogP contribution in [0.25, 0.3) is 11.0 Å². The maximum Gasteiger partial charge on any atom is 0.269 e. The van der Waals surface area contributed by atoms with E-state index in [0.29, 0.717) is 22.7 Å². The Hall–Kier alpha value is -1.50. The number of carbonyl (C=O) groups is 1. The van der Waals surface area contributed by atoms with Crippen LogP contribution in [0.4, 0.5) is 0 Å². The number of fused-ring (bicyclic) bond motifs is 1. The number of hydrazine groups is 1. The van der Waals surface area contributed by atoms with Crippen LogP contribution in [0.15, 0.2) is 28.7 Å². The van der Waals surface area contributed by atoms with Crippen LogP contribution >= 0.6 is 11.8 Å². The number of nitrogen functional groups attached to an aromatic ring is 1. The molecule has 1 aromatic carbocycles. The van der Waals surface area contributed by atoms with Crippen LogP contribution in [0, 0.1) is 0 Å².